The van der Waals surface area contributed by atoms with E-state index >= 15 is 0 Å². The Morgan fingerprint density at radius 1 is 1.32 bits per heavy atom. The Labute approximate surface area is 111 Å². The molecule has 1 aromatic heterocycles. The summed E-state index contributed by atoms with van der Waals surface area (Å²) in [7, 11) is 0. The molecule has 0 amide bonds. The first-order valence-electron chi connectivity index (χ1n) is 6.47. The van der Waals surface area contributed by atoms with Crippen molar-refractivity contribution in [2.45, 2.75) is 32.6 Å². The van der Waals surface area contributed by atoms with Gasteiger partial charge in [0.1, 0.15) is 0 Å². The number of benzene rings is 1. The number of aryl methyl sites for hydroxylation is 2. The minimum absolute atomic E-state index is 0.244. The van der Waals surface area contributed by atoms with Gasteiger partial charge in [0.15, 0.2) is 5.69 Å². The molecular formula is C15H16N2O2. The summed E-state index contributed by atoms with van der Waals surface area (Å²) < 4.78 is 1.56. The van der Waals surface area contributed by atoms with Crippen LogP contribution in [0.1, 0.15) is 46.1 Å². The molecule has 0 bridgehead atoms. The van der Waals surface area contributed by atoms with Gasteiger partial charge in [-0.15, -0.1) is 0 Å². The molecule has 1 fully saturated rings. The summed E-state index contributed by atoms with van der Waals surface area (Å²) in [5.74, 6) is -0.482. The normalized spacial score (nSPS) is 14.6. The summed E-state index contributed by atoms with van der Waals surface area (Å²) in [5.41, 5.74) is 4.18. The van der Waals surface area contributed by atoms with Crippen molar-refractivity contribution in [1.29, 1.82) is 0 Å². The van der Waals surface area contributed by atoms with E-state index in [0.29, 0.717) is 5.92 Å². The molecule has 1 aromatic carbocycles. The van der Waals surface area contributed by atoms with Gasteiger partial charge >= 0.3 is 5.97 Å². The number of rotatable bonds is 3. The zero-order valence-electron chi connectivity index (χ0n) is 11.1. The van der Waals surface area contributed by atoms with Gasteiger partial charge in [0.2, 0.25) is 0 Å². The van der Waals surface area contributed by atoms with Gasteiger partial charge in [-0.25, -0.2) is 9.48 Å². The van der Waals surface area contributed by atoms with E-state index < -0.39 is 5.97 Å². The standard InChI is InChI=1S/C15H16N2O2/c1-9-3-6-13(10(2)7-9)17-14(15(18)19)8-12(16-17)11-4-5-11/h3,6-8,11H,4-5H2,1-2H3,(H,18,19). The zero-order valence-corrected chi connectivity index (χ0v) is 11.1. The molecule has 1 aliphatic carbocycles. The van der Waals surface area contributed by atoms with Crippen LogP contribution in [0.2, 0.25) is 0 Å². The van der Waals surface area contributed by atoms with Gasteiger partial charge in [0.25, 0.3) is 0 Å². The number of nitrogens with zero attached hydrogens (tertiary/aromatic N) is 2. The first kappa shape index (κ1) is 12.0. The van der Waals surface area contributed by atoms with Crippen molar-refractivity contribution in [1.82, 2.24) is 9.78 Å². The van der Waals surface area contributed by atoms with Gasteiger partial charge in [-0.1, -0.05) is 17.7 Å². The lowest BCUT2D eigenvalue weighted by Crippen LogP contribution is -2.09. The molecule has 0 atom stereocenters. The molecule has 4 heteroatoms. The predicted octanol–water partition coefficient (Wildman–Crippen LogP) is 3.06. The summed E-state index contributed by atoms with van der Waals surface area (Å²) in [6.45, 7) is 4.00. The highest BCUT2D eigenvalue weighted by atomic mass is 16.4. The van der Waals surface area contributed by atoms with Crippen LogP contribution in [0.25, 0.3) is 5.69 Å². The van der Waals surface area contributed by atoms with Crippen LogP contribution in [0.3, 0.4) is 0 Å². The summed E-state index contributed by atoms with van der Waals surface area (Å²) in [6.07, 6.45) is 2.23. The monoisotopic (exact) mass is 256 g/mol. The van der Waals surface area contributed by atoms with Gasteiger partial charge in [-0.3, -0.25) is 0 Å². The second-order valence-corrected chi connectivity index (χ2v) is 5.24. The first-order valence-corrected chi connectivity index (χ1v) is 6.47. The molecule has 1 saturated carbocycles. The van der Waals surface area contributed by atoms with Gasteiger partial charge < -0.3 is 5.11 Å². The number of carbonyl (C=O) groups is 1. The van der Waals surface area contributed by atoms with Crippen LogP contribution in [0.15, 0.2) is 24.3 Å². The Hall–Kier alpha value is -2.10. The molecule has 3 rings (SSSR count). The molecular weight excluding hydrogens is 240 g/mol. The number of aromatic carboxylic acids is 1. The largest absolute Gasteiger partial charge is 0.477 e. The average molecular weight is 256 g/mol. The highest BCUT2D eigenvalue weighted by molar-refractivity contribution is 5.86. The van der Waals surface area contributed by atoms with Crippen molar-refractivity contribution in [3.63, 3.8) is 0 Å². The van der Waals surface area contributed by atoms with Gasteiger partial charge in [0, 0.05) is 5.92 Å². The van der Waals surface area contributed by atoms with E-state index in [2.05, 4.69) is 5.10 Å². The maximum absolute atomic E-state index is 11.4. The number of aromatic nitrogens is 2. The molecule has 0 aliphatic heterocycles. The van der Waals surface area contributed by atoms with Crippen LogP contribution in [0, 0.1) is 13.8 Å². The Balaban J connectivity index is 2.14. The lowest BCUT2D eigenvalue weighted by atomic mass is 10.1. The molecule has 98 valence electrons. The van der Waals surface area contributed by atoms with Crippen molar-refractivity contribution in [3.8, 4) is 5.69 Å². The average Bonchev–Trinajstić information content (AvgIpc) is 3.09. The number of carboxylic acid groups (broad SMARTS) is 1. The lowest BCUT2D eigenvalue weighted by Gasteiger charge is -2.08. The van der Waals surface area contributed by atoms with Gasteiger partial charge in [-0.05, 0) is 44.4 Å². The minimum atomic E-state index is -0.931. The molecule has 2 aromatic rings. The third kappa shape index (κ3) is 2.14. The topological polar surface area (TPSA) is 55.1 Å². The van der Waals surface area contributed by atoms with Crippen LogP contribution in [-0.4, -0.2) is 20.9 Å². The SMILES string of the molecule is Cc1ccc(-n2nc(C3CC3)cc2C(=O)O)c(C)c1. The minimum Gasteiger partial charge on any atom is -0.477 e. The van der Waals surface area contributed by atoms with E-state index in [1.807, 2.05) is 32.0 Å². The van der Waals surface area contributed by atoms with Crippen molar-refractivity contribution < 1.29 is 9.90 Å². The molecule has 1 N–H and O–H groups in total. The van der Waals surface area contributed by atoms with Crippen molar-refractivity contribution >= 4 is 5.97 Å². The van der Waals surface area contributed by atoms with E-state index in [9.17, 15) is 9.90 Å². The quantitative estimate of drug-likeness (QED) is 0.918. The van der Waals surface area contributed by atoms with E-state index in [4.69, 9.17) is 0 Å². The molecule has 0 unspecified atom stereocenters. The van der Waals surface area contributed by atoms with E-state index in [1.54, 1.807) is 10.7 Å². The molecule has 4 nitrogen and oxygen atoms in total. The molecule has 1 heterocycles. The fourth-order valence-electron chi connectivity index (χ4n) is 2.36. The van der Waals surface area contributed by atoms with E-state index in [1.165, 1.54) is 0 Å². The molecule has 0 saturated heterocycles. The zero-order chi connectivity index (χ0) is 13.6. The van der Waals surface area contributed by atoms with Crippen LogP contribution < -0.4 is 0 Å². The number of hydrogen-bond donors (Lipinski definition) is 1. The van der Waals surface area contributed by atoms with Crippen molar-refractivity contribution in [2.75, 3.05) is 0 Å². The van der Waals surface area contributed by atoms with Crippen LogP contribution >= 0.6 is 0 Å². The maximum atomic E-state index is 11.4. The first-order chi connectivity index (χ1) is 9.06. The van der Waals surface area contributed by atoms with E-state index in [-0.39, 0.29) is 5.69 Å². The third-order valence-electron chi connectivity index (χ3n) is 3.52. The Morgan fingerprint density at radius 2 is 2.05 bits per heavy atom. The third-order valence-corrected chi connectivity index (χ3v) is 3.52. The summed E-state index contributed by atoms with van der Waals surface area (Å²) in [5, 5.41) is 13.8. The number of carboxylic acids is 1. The summed E-state index contributed by atoms with van der Waals surface area (Å²) in [4.78, 5) is 11.4. The Morgan fingerprint density at radius 3 is 2.63 bits per heavy atom. The molecule has 0 radical (unpaired) electrons. The Kier molecular flexibility index (Phi) is 2.66. The van der Waals surface area contributed by atoms with Gasteiger partial charge in [0.05, 0.1) is 11.4 Å². The predicted molar refractivity (Wildman–Crippen MR) is 72.0 cm³/mol. The Bertz CT molecular complexity index is 654. The highest BCUT2D eigenvalue weighted by Crippen LogP contribution is 2.39. The smallest absolute Gasteiger partial charge is 0.354 e. The van der Waals surface area contributed by atoms with Crippen LogP contribution in [-0.2, 0) is 0 Å². The maximum Gasteiger partial charge on any atom is 0.354 e. The summed E-state index contributed by atoms with van der Waals surface area (Å²) >= 11 is 0. The second-order valence-electron chi connectivity index (χ2n) is 5.24. The van der Waals surface area contributed by atoms with Crippen molar-refractivity contribution in [2.24, 2.45) is 0 Å². The second kappa shape index (κ2) is 4.23. The lowest BCUT2D eigenvalue weighted by molar-refractivity contribution is 0.0687. The molecule has 19 heavy (non-hydrogen) atoms. The van der Waals surface area contributed by atoms with E-state index in [0.717, 1.165) is 35.3 Å². The van der Waals surface area contributed by atoms with Crippen molar-refractivity contribution in [3.05, 3.63) is 46.8 Å². The van der Waals surface area contributed by atoms with Crippen LogP contribution in [0.5, 0.6) is 0 Å². The van der Waals surface area contributed by atoms with Crippen LogP contribution in [0.4, 0.5) is 0 Å². The molecule has 0 spiro atoms. The molecule has 1 aliphatic rings. The highest BCUT2D eigenvalue weighted by Gasteiger charge is 2.29. The fourth-order valence-corrected chi connectivity index (χ4v) is 2.36. The number of hydrogen-bond acceptors (Lipinski definition) is 2. The summed E-state index contributed by atoms with van der Waals surface area (Å²) in [6, 6.07) is 7.66. The van der Waals surface area contributed by atoms with Gasteiger partial charge in [-0.2, -0.15) is 5.10 Å². The fraction of sp³-hybridized carbons (Fsp3) is 0.333.